The van der Waals surface area contributed by atoms with Crippen LogP contribution in [0.2, 0.25) is 0 Å². The Kier molecular flexibility index (Phi) is 4.90. The zero-order valence-electron chi connectivity index (χ0n) is 12.7. The van der Waals surface area contributed by atoms with E-state index >= 15 is 0 Å². The van der Waals surface area contributed by atoms with Crippen molar-refractivity contribution in [3.63, 3.8) is 0 Å². The molecule has 0 heterocycles. The van der Waals surface area contributed by atoms with E-state index in [0.717, 1.165) is 0 Å². The molecule has 0 aliphatic rings. The van der Waals surface area contributed by atoms with Crippen molar-refractivity contribution in [2.24, 2.45) is 0 Å². The monoisotopic (exact) mass is 317 g/mol. The topological polar surface area (TPSA) is 75.5 Å². The number of amides is 1. The number of nitro benzene ring substituents is 1. The van der Waals surface area contributed by atoms with E-state index in [-0.39, 0.29) is 29.5 Å². The van der Waals surface area contributed by atoms with Gasteiger partial charge in [0.1, 0.15) is 5.82 Å². The summed E-state index contributed by atoms with van der Waals surface area (Å²) in [6.07, 6.45) is 0. The van der Waals surface area contributed by atoms with Gasteiger partial charge in [-0.2, -0.15) is 0 Å². The first-order chi connectivity index (χ1) is 10.9. The van der Waals surface area contributed by atoms with E-state index in [2.05, 4.69) is 5.32 Å². The normalized spacial score (nSPS) is 10.2. The highest BCUT2D eigenvalue weighted by Gasteiger charge is 2.19. The van der Waals surface area contributed by atoms with Crippen molar-refractivity contribution in [2.45, 2.75) is 6.54 Å². The highest BCUT2D eigenvalue weighted by atomic mass is 19.1. The molecule has 0 spiro atoms. The van der Waals surface area contributed by atoms with Gasteiger partial charge in [0.25, 0.3) is 11.6 Å². The molecule has 0 saturated heterocycles. The second-order valence-electron chi connectivity index (χ2n) is 5.03. The molecule has 0 saturated carbocycles. The molecule has 0 aliphatic heterocycles. The summed E-state index contributed by atoms with van der Waals surface area (Å²) in [5.41, 5.74) is 1.16. The van der Waals surface area contributed by atoms with Gasteiger partial charge in [0, 0.05) is 38.5 Å². The third-order valence-electron chi connectivity index (χ3n) is 3.37. The van der Waals surface area contributed by atoms with Crippen LogP contribution in [0.1, 0.15) is 15.9 Å². The number of nitro groups is 1. The van der Waals surface area contributed by atoms with Gasteiger partial charge >= 0.3 is 0 Å². The van der Waals surface area contributed by atoms with E-state index < -0.39 is 4.92 Å². The van der Waals surface area contributed by atoms with Crippen molar-refractivity contribution in [3.05, 3.63) is 69.5 Å². The number of nitrogens with zero attached hydrogens (tertiary/aromatic N) is 2. The lowest BCUT2D eigenvalue weighted by atomic mass is 10.1. The van der Waals surface area contributed by atoms with Gasteiger partial charge in [-0.1, -0.05) is 12.1 Å². The molecule has 120 valence electrons. The number of carbonyl (C=O) groups is 1. The van der Waals surface area contributed by atoms with Crippen LogP contribution in [0.25, 0.3) is 0 Å². The number of rotatable bonds is 5. The fraction of sp³-hybridized carbons (Fsp3) is 0.188. The van der Waals surface area contributed by atoms with Crippen LogP contribution in [-0.4, -0.2) is 29.8 Å². The van der Waals surface area contributed by atoms with Gasteiger partial charge < -0.3 is 10.2 Å². The minimum atomic E-state index is -0.553. The first-order valence-corrected chi connectivity index (χ1v) is 6.88. The number of nitrogens with one attached hydrogen (secondary N) is 1. The molecule has 7 heteroatoms. The molecular weight excluding hydrogens is 301 g/mol. The van der Waals surface area contributed by atoms with Crippen molar-refractivity contribution in [1.82, 2.24) is 4.90 Å². The van der Waals surface area contributed by atoms with Crippen molar-refractivity contribution in [3.8, 4) is 0 Å². The maximum absolute atomic E-state index is 13.2. The highest BCUT2D eigenvalue weighted by molar-refractivity contribution is 6.00. The number of non-ortho nitro benzene ring substituents is 1. The van der Waals surface area contributed by atoms with E-state index in [1.807, 2.05) is 0 Å². The molecule has 23 heavy (non-hydrogen) atoms. The molecular formula is C16H16FN3O3. The fourth-order valence-corrected chi connectivity index (χ4v) is 2.23. The maximum Gasteiger partial charge on any atom is 0.270 e. The van der Waals surface area contributed by atoms with Gasteiger partial charge in [-0.05, 0) is 23.8 Å². The molecule has 0 aromatic heterocycles. The first-order valence-electron chi connectivity index (χ1n) is 6.88. The molecule has 6 nitrogen and oxygen atoms in total. The predicted molar refractivity (Wildman–Crippen MR) is 84.8 cm³/mol. The Morgan fingerprint density at radius 2 is 2.04 bits per heavy atom. The molecule has 1 amide bonds. The van der Waals surface area contributed by atoms with Crippen LogP contribution in [-0.2, 0) is 6.54 Å². The van der Waals surface area contributed by atoms with Crippen LogP contribution in [0.3, 0.4) is 0 Å². The Hall–Kier alpha value is -2.96. The van der Waals surface area contributed by atoms with Crippen LogP contribution in [0.5, 0.6) is 0 Å². The van der Waals surface area contributed by atoms with Gasteiger partial charge in [-0.25, -0.2) is 4.39 Å². The number of halogens is 1. The smallest absolute Gasteiger partial charge is 0.270 e. The van der Waals surface area contributed by atoms with Gasteiger partial charge in [-0.15, -0.1) is 0 Å². The quantitative estimate of drug-likeness (QED) is 0.679. The standard InChI is InChI=1S/C16H16FN3O3/c1-18-15-7-6-13(20(22)23)9-14(15)16(21)19(2)10-11-4-3-5-12(17)8-11/h3-9,18H,10H2,1-2H3. The minimum absolute atomic E-state index is 0.161. The molecule has 0 fully saturated rings. The van der Waals surface area contributed by atoms with Gasteiger partial charge in [0.2, 0.25) is 0 Å². The van der Waals surface area contributed by atoms with Gasteiger partial charge in [0.05, 0.1) is 10.5 Å². The Morgan fingerprint density at radius 1 is 1.30 bits per heavy atom. The van der Waals surface area contributed by atoms with Crippen molar-refractivity contribution in [1.29, 1.82) is 0 Å². The molecule has 2 aromatic rings. The highest BCUT2D eigenvalue weighted by Crippen LogP contribution is 2.23. The predicted octanol–water partition coefficient (Wildman–Crippen LogP) is 3.05. The van der Waals surface area contributed by atoms with Crippen LogP contribution in [0.4, 0.5) is 15.8 Å². The Balaban J connectivity index is 2.28. The summed E-state index contributed by atoms with van der Waals surface area (Å²) < 4.78 is 13.2. The van der Waals surface area contributed by atoms with E-state index in [1.165, 1.54) is 35.2 Å². The lowest BCUT2D eigenvalue weighted by Gasteiger charge is -2.19. The number of anilines is 1. The maximum atomic E-state index is 13.2. The first kappa shape index (κ1) is 16.4. The number of benzene rings is 2. The third-order valence-corrected chi connectivity index (χ3v) is 3.37. The summed E-state index contributed by atoms with van der Waals surface area (Å²) in [5.74, 6) is -0.767. The molecule has 0 bridgehead atoms. The number of hydrogen-bond acceptors (Lipinski definition) is 4. The summed E-state index contributed by atoms with van der Waals surface area (Å²) in [6, 6.07) is 9.99. The molecule has 0 radical (unpaired) electrons. The van der Waals surface area contributed by atoms with Gasteiger partial charge in [-0.3, -0.25) is 14.9 Å². The average molecular weight is 317 g/mol. The minimum Gasteiger partial charge on any atom is -0.387 e. The van der Waals surface area contributed by atoms with E-state index in [1.54, 1.807) is 26.2 Å². The van der Waals surface area contributed by atoms with Crippen LogP contribution >= 0.6 is 0 Å². The van der Waals surface area contributed by atoms with Crippen molar-refractivity contribution in [2.75, 3.05) is 19.4 Å². The summed E-state index contributed by atoms with van der Waals surface area (Å²) in [5, 5.41) is 13.7. The molecule has 2 rings (SSSR count). The average Bonchev–Trinajstić information content (AvgIpc) is 2.53. The van der Waals surface area contributed by atoms with Gasteiger partial charge in [0.15, 0.2) is 0 Å². The van der Waals surface area contributed by atoms with E-state index in [9.17, 15) is 19.3 Å². The summed E-state index contributed by atoms with van der Waals surface area (Å²) in [4.78, 5) is 24.3. The summed E-state index contributed by atoms with van der Waals surface area (Å²) >= 11 is 0. The van der Waals surface area contributed by atoms with Crippen molar-refractivity contribution >= 4 is 17.3 Å². The zero-order chi connectivity index (χ0) is 17.0. The SMILES string of the molecule is CNc1ccc([N+](=O)[O-])cc1C(=O)N(C)Cc1cccc(F)c1. The fourth-order valence-electron chi connectivity index (χ4n) is 2.23. The summed E-state index contributed by atoms with van der Waals surface area (Å²) in [6.45, 7) is 0.197. The number of carbonyl (C=O) groups excluding carboxylic acids is 1. The summed E-state index contributed by atoms with van der Waals surface area (Å²) in [7, 11) is 3.19. The second kappa shape index (κ2) is 6.87. The second-order valence-corrected chi connectivity index (χ2v) is 5.03. The largest absolute Gasteiger partial charge is 0.387 e. The van der Waals surface area contributed by atoms with E-state index in [4.69, 9.17) is 0 Å². The van der Waals surface area contributed by atoms with Crippen LogP contribution < -0.4 is 5.32 Å². The lowest BCUT2D eigenvalue weighted by Crippen LogP contribution is -2.27. The van der Waals surface area contributed by atoms with Crippen LogP contribution in [0.15, 0.2) is 42.5 Å². The Bertz CT molecular complexity index is 749. The third kappa shape index (κ3) is 3.82. The van der Waals surface area contributed by atoms with Crippen LogP contribution in [0, 0.1) is 15.9 Å². The molecule has 0 aliphatic carbocycles. The molecule has 0 atom stereocenters. The molecule has 0 unspecified atom stereocenters. The number of hydrogen-bond donors (Lipinski definition) is 1. The molecule has 1 N–H and O–H groups in total. The zero-order valence-corrected chi connectivity index (χ0v) is 12.7. The Morgan fingerprint density at radius 3 is 2.65 bits per heavy atom. The molecule has 2 aromatic carbocycles. The lowest BCUT2D eigenvalue weighted by molar-refractivity contribution is -0.384. The van der Waals surface area contributed by atoms with Crippen molar-refractivity contribution < 1.29 is 14.1 Å². The van der Waals surface area contributed by atoms with E-state index in [0.29, 0.717) is 11.3 Å². The Labute approximate surface area is 132 Å².